The summed E-state index contributed by atoms with van der Waals surface area (Å²) in [6, 6.07) is 19.8. The lowest BCUT2D eigenvalue weighted by molar-refractivity contribution is 0.0187. The van der Waals surface area contributed by atoms with E-state index in [1.807, 2.05) is 0 Å². The molecule has 19 heavy (non-hydrogen) atoms. The second kappa shape index (κ2) is 4.48. The normalized spacial score (nSPS) is 25.9. The molecule has 0 radical (unpaired) electrons. The van der Waals surface area contributed by atoms with Gasteiger partial charge in [-0.1, -0.05) is 54.6 Å². The average Bonchev–Trinajstić information content (AvgIpc) is 2.88. The number of ether oxygens (including phenoxy) is 1. The van der Waals surface area contributed by atoms with Crippen molar-refractivity contribution in [2.75, 3.05) is 6.61 Å². The molecule has 1 fully saturated rings. The van der Waals surface area contributed by atoms with E-state index in [0.29, 0.717) is 6.04 Å². The number of hydrogen-bond donors (Lipinski definition) is 0. The molecule has 0 saturated carbocycles. The van der Waals surface area contributed by atoms with E-state index in [4.69, 9.17) is 4.74 Å². The molecule has 2 heteroatoms. The zero-order chi connectivity index (χ0) is 12.7. The Morgan fingerprint density at radius 1 is 0.895 bits per heavy atom. The highest BCUT2D eigenvalue weighted by Crippen LogP contribution is 2.36. The second-order valence-corrected chi connectivity index (χ2v) is 5.36. The fourth-order valence-corrected chi connectivity index (χ4v) is 3.24. The van der Waals surface area contributed by atoms with Gasteiger partial charge in [-0.25, -0.2) is 0 Å². The van der Waals surface area contributed by atoms with Crippen molar-refractivity contribution >= 4 is 0 Å². The van der Waals surface area contributed by atoms with E-state index in [2.05, 4.69) is 59.5 Å². The van der Waals surface area contributed by atoms with Crippen molar-refractivity contribution in [1.82, 2.24) is 4.90 Å². The summed E-state index contributed by atoms with van der Waals surface area (Å²) < 4.78 is 6.01. The summed E-state index contributed by atoms with van der Waals surface area (Å²) in [7, 11) is 0. The van der Waals surface area contributed by atoms with Gasteiger partial charge in [0.05, 0.1) is 12.6 Å². The first kappa shape index (κ1) is 11.2. The van der Waals surface area contributed by atoms with Gasteiger partial charge in [-0.15, -0.1) is 0 Å². The fraction of sp³-hybridized carbons (Fsp3) is 0.294. The third kappa shape index (κ3) is 1.88. The van der Waals surface area contributed by atoms with Gasteiger partial charge < -0.3 is 4.74 Å². The van der Waals surface area contributed by atoms with E-state index in [1.54, 1.807) is 0 Å². The number of benzene rings is 2. The minimum Gasteiger partial charge on any atom is -0.361 e. The maximum Gasteiger partial charge on any atom is 0.115 e. The molecule has 0 unspecified atom stereocenters. The van der Waals surface area contributed by atoms with Gasteiger partial charge in [-0.2, -0.15) is 0 Å². The predicted molar refractivity (Wildman–Crippen MR) is 74.6 cm³/mol. The van der Waals surface area contributed by atoms with Crippen LogP contribution in [0.4, 0.5) is 0 Å². The third-order valence-corrected chi connectivity index (χ3v) is 4.27. The number of fused-ring (bicyclic) bond motifs is 2. The van der Waals surface area contributed by atoms with Gasteiger partial charge in [0, 0.05) is 13.0 Å². The monoisotopic (exact) mass is 251 g/mol. The van der Waals surface area contributed by atoms with Gasteiger partial charge in [0.2, 0.25) is 0 Å². The lowest BCUT2D eigenvalue weighted by Crippen LogP contribution is -2.37. The van der Waals surface area contributed by atoms with Crippen LogP contribution in [0.1, 0.15) is 22.7 Å². The molecule has 2 aliphatic heterocycles. The molecule has 0 N–H and O–H groups in total. The summed E-state index contributed by atoms with van der Waals surface area (Å²) in [5, 5.41) is 0. The van der Waals surface area contributed by atoms with Crippen LogP contribution in [0.15, 0.2) is 54.6 Å². The molecule has 0 aliphatic carbocycles. The molecular weight excluding hydrogens is 234 g/mol. The van der Waals surface area contributed by atoms with Crippen molar-refractivity contribution < 1.29 is 4.74 Å². The molecule has 2 atom stereocenters. The first-order valence-electron chi connectivity index (χ1n) is 6.91. The molecule has 0 bridgehead atoms. The summed E-state index contributed by atoms with van der Waals surface area (Å²) in [6.07, 6.45) is 1.26. The van der Waals surface area contributed by atoms with Crippen molar-refractivity contribution in [1.29, 1.82) is 0 Å². The number of rotatable bonds is 1. The topological polar surface area (TPSA) is 12.5 Å². The molecule has 2 nitrogen and oxygen atoms in total. The van der Waals surface area contributed by atoms with E-state index >= 15 is 0 Å². The van der Waals surface area contributed by atoms with Crippen LogP contribution < -0.4 is 0 Å². The van der Waals surface area contributed by atoms with Crippen LogP contribution in [0.5, 0.6) is 0 Å². The van der Waals surface area contributed by atoms with Crippen LogP contribution in [-0.2, 0) is 17.7 Å². The van der Waals surface area contributed by atoms with Crippen LogP contribution in [0.2, 0.25) is 0 Å². The summed E-state index contributed by atoms with van der Waals surface area (Å²) in [5.41, 5.74) is 4.26. The molecule has 2 aromatic rings. The summed E-state index contributed by atoms with van der Waals surface area (Å²) in [4.78, 5) is 2.50. The lowest BCUT2D eigenvalue weighted by atomic mass is 9.97. The zero-order valence-electron chi connectivity index (χ0n) is 10.8. The van der Waals surface area contributed by atoms with Gasteiger partial charge >= 0.3 is 0 Å². The minimum atomic E-state index is 0.250. The first-order valence-corrected chi connectivity index (χ1v) is 6.91. The summed E-state index contributed by atoms with van der Waals surface area (Å²) in [5.74, 6) is 0. The summed E-state index contributed by atoms with van der Waals surface area (Å²) >= 11 is 0. The Labute approximate surface area is 113 Å². The second-order valence-electron chi connectivity index (χ2n) is 5.36. The molecular formula is C17H17NO. The van der Waals surface area contributed by atoms with E-state index in [9.17, 15) is 0 Å². The highest BCUT2D eigenvalue weighted by atomic mass is 16.5. The Balaban J connectivity index is 1.66. The highest BCUT2D eigenvalue weighted by molar-refractivity contribution is 5.31. The van der Waals surface area contributed by atoms with Gasteiger partial charge in [-0.3, -0.25) is 4.90 Å². The van der Waals surface area contributed by atoms with Crippen molar-refractivity contribution in [3.63, 3.8) is 0 Å². The molecule has 4 rings (SSSR count). The van der Waals surface area contributed by atoms with Gasteiger partial charge in [-0.05, 0) is 16.7 Å². The Morgan fingerprint density at radius 2 is 1.63 bits per heavy atom. The molecule has 96 valence electrons. The van der Waals surface area contributed by atoms with Gasteiger partial charge in [0.15, 0.2) is 0 Å². The maximum atomic E-state index is 6.01. The van der Waals surface area contributed by atoms with Gasteiger partial charge in [0.25, 0.3) is 0 Å². The van der Waals surface area contributed by atoms with E-state index < -0.39 is 0 Å². The van der Waals surface area contributed by atoms with Crippen molar-refractivity contribution in [2.45, 2.75) is 25.2 Å². The Morgan fingerprint density at radius 3 is 2.47 bits per heavy atom. The quantitative estimate of drug-likeness (QED) is 0.772. The van der Waals surface area contributed by atoms with E-state index in [-0.39, 0.29) is 6.23 Å². The Bertz CT molecular complexity index is 581. The fourth-order valence-electron chi connectivity index (χ4n) is 3.24. The zero-order valence-corrected chi connectivity index (χ0v) is 10.8. The van der Waals surface area contributed by atoms with Crippen molar-refractivity contribution in [2.24, 2.45) is 0 Å². The van der Waals surface area contributed by atoms with Crippen molar-refractivity contribution in [3.05, 3.63) is 71.3 Å². The standard InChI is InChI=1S/C17H17NO/c1-2-6-13(7-3-1)16-12-19-17-10-14-8-4-5-9-15(14)11-18(16)17/h1-9,16-17H,10-12H2/t16-,17+/m0/s1. The largest absolute Gasteiger partial charge is 0.361 e. The van der Waals surface area contributed by atoms with E-state index in [1.165, 1.54) is 16.7 Å². The predicted octanol–water partition coefficient (Wildman–Crippen LogP) is 3.14. The summed E-state index contributed by atoms with van der Waals surface area (Å²) in [6.45, 7) is 1.81. The number of nitrogens with zero attached hydrogens (tertiary/aromatic N) is 1. The lowest BCUT2D eigenvalue weighted by Gasteiger charge is -2.33. The molecule has 2 aliphatic rings. The van der Waals surface area contributed by atoms with Gasteiger partial charge in [0.1, 0.15) is 6.23 Å². The van der Waals surface area contributed by atoms with Crippen molar-refractivity contribution in [3.8, 4) is 0 Å². The molecule has 0 aromatic heterocycles. The highest BCUT2D eigenvalue weighted by Gasteiger charge is 2.38. The first-order chi connectivity index (χ1) is 9.42. The Kier molecular flexibility index (Phi) is 2.64. The molecule has 0 amide bonds. The van der Waals surface area contributed by atoms with Crippen LogP contribution in [0.25, 0.3) is 0 Å². The van der Waals surface area contributed by atoms with Crippen LogP contribution in [0, 0.1) is 0 Å². The third-order valence-electron chi connectivity index (χ3n) is 4.27. The van der Waals surface area contributed by atoms with E-state index in [0.717, 1.165) is 19.6 Å². The molecule has 0 spiro atoms. The number of hydrogen-bond acceptors (Lipinski definition) is 2. The smallest absolute Gasteiger partial charge is 0.115 e. The SMILES string of the molecule is c1ccc([C@@H]2CO[C@@H]3Cc4ccccc4CN32)cc1. The maximum absolute atomic E-state index is 6.01. The average molecular weight is 251 g/mol. The molecule has 2 heterocycles. The van der Waals surface area contributed by atoms with Crippen LogP contribution >= 0.6 is 0 Å². The Hall–Kier alpha value is -1.64. The minimum absolute atomic E-state index is 0.250. The molecule has 1 saturated heterocycles. The molecule has 2 aromatic carbocycles. The van der Waals surface area contributed by atoms with Crippen LogP contribution in [-0.4, -0.2) is 17.7 Å². The van der Waals surface area contributed by atoms with Crippen LogP contribution in [0.3, 0.4) is 0 Å².